The van der Waals surface area contributed by atoms with E-state index in [9.17, 15) is 0 Å². The first kappa shape index (κ1) is 24.8. The van der Waals surface area contributed by atoms with Gasteiger partial charge in [-0.15, -0.1) is 35.3 Å². The molecule has 5 nitrogen and oxygen atoms in total. The number of hydrogen-bond donors (Lipinski definition) is 2. The summed E-state index contributed by atoms with van der Waals surface area (Å²) in [6.45, 7) is 6.64. The Labute approximate surface area is 190 Å². The van der Waals surface area contributed by atoms with Crippen molar-refractivity contribution in [3.63, 3.8) is 0 Å². The number of aromatic nitrogens is 1. The van der Waals surface area contributed by atoms with E-state index >= 15 is 0 Å². The molecule has 0 aliphatic heterocycles. The molecule has 0 saturated carbocycles. The fourth-order valence-electron chi connectivity index (χ4n) is 2.71. The second-order valence-electron chi connectivity index (χ2n) is 6.54. The van der Waals surface area contributed by atoms with Gasteiger partial charge >= 0.3 is 0 Å². The maximum absolute atomic E-state index is 5.90. The molecule has 0 bridgehead atoms. The standard InChI is InChI=1S/C21H32N4OS.HI/c1-17-16-27-20(25-17)12-7-8-13-23-21(22-3)24-14-9-15-26-18(2)19-10-5-4-6-11-19;/h4-6,10-11,16,18H,7-9,12-15H2,1-3H3,(H2,22,23,24);1H. The zero-order chi connectivity index (χ0) is 19.3. The van der Waals surface area contributed by atoms with E-state index < -0.39 is 0 Å². The highest BCUT2D eigenvalue weighted by atomic mass is 127. The summed E-state index contributed by atoms with van der Waals surface area (Å²) >= 11 is 1.76. The van der Waals surface area contributed by atoms with Crippen LogP contribution in [0.15, 0.2) is 40.7 Å². The maximum atomic E-state index is 5.90. The molecule has 2 rings (SSSR count). The van der Waals surface area contributed by atoms with Gasteiger partial charge in [-0.3, -0.25) is 4.99 Å². The van der Waals surface area contributed by atoms with E-state index in [1.807, 2.05) is 32.2 Å². The summed E-state index contributed by atoms with van der Waals surface area (Å²) < 4.78 is 5.90. The van der Waals surface area contributed by atoms with E-state index in [0.717, 1.165) is 57.0 Å². The fraction of sp³-hybridized carbons (Fsp3) is 0.524. The van der Waals surface area contributed by atoms with Crippen molar-refractivity contribution < 1.29 is 4.74 Å². The molecule has 0 fully saturated rings. The number of unbranched alkanes of at least 4 members (excludes halogenated alkanes) is 1. The first-order valence-electron chi connectivity index (χ1n) is 9.71. The highest BCUT2D eigenvalue weighted by Gasteiger charge is 2.04. The summed E-state index contributed by atoms with van der Waals surface area (Å²) in [5, 5.41) is 10.1. The van der Waals surface area contributed by atoms with Crippen LogP contribution in [0.25, 0.3) is 0 Å². The van der Waals surface area contributed by atoms with Gasteiger partial charge in [0.05, 0.1) is 11.1 Å². The molecule has 1 unspecified atom stereocenters. The van der Waals surface area contributed by atoms with Crippen LogP contribution in [0.1, 0.15) is 48.6 Å². The Morgan fingerprint density at radius 3 is 2.50 bits per heavy atom. The Morgan fingerprint density at radius 1 is 1.14 bits per heavy atom. The smallest absolute Gasteiger partial charge is 0.190 e. The number of nitrogens with zero attached hydrogens (tertiary/aromatic N) is 2. The average molecular weight is 516 g/mol. The monoisotopic (exact) mass is 516 g/mol. The van der Waals surface area contributed by atoms with Crippen molar-refractivity contribution in [3.8, 4) is 0 Å². The molecule has 156 valence electrons. The first-order chi connectivity index (χ1) is 13.2. The summed E-state index contributed by atoms with van der Waals surface area (Å²) in [5.41, 5.74) is 2.34. The lowest BCUT2D eigenvalue weighted by molar-refractivity contribution is 0.0646. The molecule has 0 saturated heterocycles. The number of halogens is 1. The molecule has 0 spiro atoms. The third-order valence-electron chi connectivity index (χ3n) is 4.25. The molecule has 28 heavy (non-hydrogen) atoms. The molecular weight excluding hydrogens is 483 g/mol. The molecule has 1 aromatic carbocycles. The van der Waals surface area contributed by atoms with Crippen LogP contribution in [0.4, 0.5) is 0 Å². The Kier molecular flexibility index (Phi) is 13.1. The Bertz CT molecular complexity index is 678. The number of aliphatic imine (C=N–C) groups is 1. The second-order valence-corrected chi connectivity index (χ2v) is 7.49. The molecule has 0 aliphatic carbocycles. The lowest BCUT2D eigenvalue weighted by Crippen LogP contribution is -2.38. The van der Waals surface area contributed by atoms with E-state index in [2.05, 4.69) is 45.0 Å². The van der Waals surface area contributed by atoms with Crippen molar-refractivity contribution in [3.05, 3.63) is 52.0 Å². The van der Waals surface area contributed by atoms with Crippen LogP contribution >= 0.6 is 35.3 Å². The van der Waals surface area contributed by atoms with Crippen molar-refractivity contribution >= 4 is 41.3 Å². The predicted octanol–water partition coefficient (Wildman–Crippen LogP) is 4.73. The van der Waals surface area contributed by atoms with Gasteiger partial charge in [0.25, 0.3) is 0 Å². The van der Waals surface area contributed by atoms with Crippen molar-refractivity contribution in [1.82, 2.24) is 15.6 Å². The topological polar surface area (TPSA) is 58.5 Å². The zero-order valence-corrected chi connectivity index (χ0v) is 20.3. The third-order valence-corrected chi connectivity index (χ3v) is 5.28. The number of nitrogens with one attached hydrogen (secondary N) is 2. The lowest BCUT2D eigenvalue weighted by Gasteiger charge is -2.14. The van der Waals surface area contributed by atoms with Crippen LogP contribution in [-0.4, -0.2) is 37.7 Å². The maximum Gasteiger partial charge on any atom is 0.190 e. The van der Waals surface area contributed by atoms with Gasteiger partial charge in [0.1, 0.15) is 0 Å². The van der Waals surface area contributed by atoms with E-state index in [4.69, 9.17) is 4.74 Å². The molecule has 7 heteroatoms. The highest BCUT2D eigenvalue weighted by Crippen LogP contribution is 2.15. The predicted molar refractivity (Wildman–Crippen MR) is 130 cm³/mol. The van der Waals surface area contributed by atoms with Crippen LogP contribution in [0.2, 0.25) is 0 Å². The Hall–Kier alpha value is -1.19. The zero-order valence-electron chi connectivity index (χ0n) is 17.1. The Morgan fingerprint density at radius 2 is 1.86 bits per heavy atom. The van der Waals surface area contributed by atoms with E-state index in [1.165, 1.54) is 10.6 Å². The van der Waals surface area contributed by atoms with Gasteiger partial charge in [0, 0.05) is 37.8 Å². The molecule has 2 N–H and O–H groups in total. The number of thiazole rings is 1. The molecule has 0 aliphatic rings. The molecule has 1 atom stereocenters. The third kappa shape index (κ3) is 9.84. The quantitative estimate of drug-likeness (QED) is 0.196. The molecule has 1 heterocycles. The number of guanidine groups is 1. The van der Waals surface area contributed by atoms with Crippen LogP contribution < -0.4 is 10.6 Å². The minimum atomic E-state index is 0. The normalized spacial score (nSPS) is 12.3. The van der Waals surface area contributed by atoms with Crippen LogP contribution in [-0.2, 0) is 11.2 Å². The van der Waals surface area contributed by atoms with Crippen LogP contribution in [0, 0.1) is 6.92 Å². The van der Waals surface area contributed by atoms with Crippen molar-refractivity contribution in [2.24, 2.45) is 4.99 Å². The largest absolute Gasteiger partial charge is 0.374 e. The minimum Gasteiger partial charge on any atom is -0.374 e. The summed E-state index contributed by atoms with van der Waals surface area (Å²) in [6, 6.07) is 10.3. The number of benzene rings is 1. The van der Waals surface area contributed by atoms with Crippen LogP contribution in [0.3, 0.4) is 0 Å². The molecule has 1 aromatic heterocycles. The average Bonchev–Trinajstić information content (AvgIpc) is 3.11. The molecular formula is C21H33IN4OS. The summed E-state index contributed by atoms with van der Waals surface area (Å²) in [4.78, 5) is 8.77. The van der Waals surface area contributed by atoms with Gasteiger partial charge in [-0.1, -0.05) is 30.3 Å². The Balaban J connectivity index is 0.00000392. The van der Waals surface area contributed by atoms with Gasteiger partial charge in [-0.25, -0.2) is 4.98 Å². The number of aryl methyl sites for hydroxylation is 2. The second kappa shape index (κ2) is 14.8. The van der Waals surface area contributed by atoms with E-state index in [0.29, 0.717) is 0 Å². The van der Waals surface area contributed by atoms with Gasteiger partial charge in [0.15, 0.2) is 5.96 Å². The van der Waals surface area contributed by atoms with Crippen molar-refractivity contribution in [1.29, 1.82) is 0 Å². The van der Waals surface area contributed by atoms with Crippen molar-refractivity contribution in [2.75, 3.05) is 26.7 Å². The van der Waals surface area contributed by atoms with E-state index in [-0.39, 0.29) is 30.1 Å². The van der Waals surface area contributed by atoms with Gasteiger partial charge in [0.2, 0.25) is 0 Å². The number of ether oxygens (including phenoxy) is 1. The fourth-order valence-corrected chi connectivity index (χ4v) is 3.52. The summed E-state index contributed by atoms with van der Waals surface area (Å²) in [6.07, 6.45) is 4.38. The van der Waals surface area contributed by atoms with Crippen molar-refractivity contribution in [2.45, 2.75) is 45.6 Å². The number of rotatable bonds is 11. The molecule has 0 radical (unpaired) electrons. The SMILES string of the molecule is CN=C(NCCCCc1nc(C)cs1)NCCCOC(C)c1ccccc1.I. The molecule has 2 aromatic rings. The minimum absolute atomic E-state index is 0. The lowest BCUT2D eigenvalue weighted by atomic mass is 10.1. The first-order valence-corrected chi connectivity index (χ1v) is 10.6. The van der Waals surface area contributed by atoms with E-state index in [1.54, 1.807) is 11.3 Å². The van der Waals surface area contributed by atoms with Gasteiger partial charge in [-0.2, -0.15) is 0 Å². The van der Waals surface area contributed by atoms with Gasteiger partial charge < -0.3 is 15.4 Å². The molecule has 0 amide bonds. The van der Waals surface area contributed by atoms with Gasteiger partial charge in [-0.05, 0) is 45.1 Å². The van der Waals surface area contributed by atoms with Crippen LogP contribution in [0.5, 0.6) is 0 Å². The summed E-state index contributed by atoms with van der Waals surface area (Å²) in [5.74, 6) is 0.858. The summed E-state index contributed by atoms with van der Waals surface area (Å²) in [7, 11) is 1.81. The number of hydrogen-bond acceptors (Lipinski definition) is 4. The highest BCUT2D eigenvalue weighted by molar-refractivity contribution is 14.0.